The second-order valence-corrected chi connectivity index (χ2v) is 22.2. The number of allylic oxidation sites excluding steroid dienone is 3. The standard InChI is InChI=1S/C83H67N3/c1-61(2)62-33-41-69(42-34-62)82(70-43-35-63(36-44-70)66-49-55-79(56-50-66)84(73-21-9-3-10-22-73)74-23-11-4-12-24-74)83(71-45-37-64(38-46-71)67-51-57-80(58-52-67)85(75-25-13-5-14-26-75)76-27-15-6-16-28-76)72-47-39-65(40-48-72)68-53-59-81(60-54-68)86(77-29-17-7-18-30-77)78-31-19-8-20-32-78/h3-49,51-61,66H,50H2,1-2H3. The van der Waals surface area contributed by atoms with Crippen molar-refractivity contribution in [1.82, 2.24) is 0 Å². The van der Waals surface area contributed by atoms with Crippen LogP contribution < -0.4 is 14.7 Å². The SMILES string of the molecule is CC(C)c1ccc(C(=C(c2ccc(-c3ccc(N(c4ccccc4)c4ccccc4)cc3)cc2)c2ccc(-c3ccc(N(c4ccccc4)c4ccccc4)cc3)cc2)c2ccc(C3C=CC(N(c4ccccc4)c4ccccc4)=CC3)cc2)cc1. The van der Waals surface area contributed by atoms with Crippen molar-refractivity contribution in [2.75, 3.05) is 14.7 Å². The first-order chi connectivity index (χ1) is 42.5. The molecule has 0 radical (unpaired) electrons. The lowest BCUT2D eigenvalue weighted by Crippen LogP contribution is -2.17. The molecule has 0 aromatic heterocycles. The van der Waals surface area contributed by atoms with Crippen LogP contribution in [0.5, 0.6) is 0 Å². The second kappa shape index (κ2) is 25.4. The molecule has 0 bridgehead atoms. The summed E-state index contributed by atoms with van der Waals surface area (Å²) in [5.74, 6) is 0.643. The topological polar surface area (TPSA) is 9.72 Å². The average Bonchev–Trinajstić information content (AvgIpc) is 2.85. The van der Waals surface area contributed by atoms with Gasteiger partial charge in [0.15, 0.2) is 0 Å². The summed E-state index contributed by atoms with van der Waals surface area (Å²) in [4.78, 5) is 6.97. The molecule has 13 rings (SSSR count). The van der Waals surface area contributed by atoms with Gasteiger partial charge in [-0.05, 0) is 182 Å². The van der Waals surface area contributed by atoms with Gasteiger partial charge in [0.05, 0.1) is 0 Å². The number of hydrogen-bond acceptors (Lipinski definition) is 3. The van der Waals surface area contributed by atoms with Crippen LogP contribution >= 0.6 is 0 Å². The fourth-order valence-corrected chi connectivity index (χ4v) is 11.9. The van der Waals surface area contributed by atoms with Gasteiger partial charge in [0.25, 0.3) is 0 Å². The van der Waals surface area contributed by atoms with Crippen LogP contribution in [-0.2, 0) is 0 Å². The fourth-order valence-electron chi connectivity index (χ4n) is 11.9. The molecule has 12 aromatic rings. The van der Waals surface area contributed by atoms with Crippen molar-refractivity contribution in [2.45, 2.75) is 32.1 Å². The average molecular weight is 1110 g/mol. The Hall–Kier alpha value is -10.7. The molecule has 414 valence electrons. The number of para-hydroxylation sites is 6. The molecule has 1 aliphatic rings. The minimum Gasteiger partial charge on any atom is -0.311 e. The third-order valence-electron chi connectivity index (χ3n) is 16.4. The molecule has 0 fully saturated rings. The Balaban J connectivity index is 0.878. The van der Waals surface area contributed by atoms with E-state index in [2.05, 4.69) is 374 Å². The largest absolute Gasteiger partial charge is 0.311 e. The van der Waals surface area contributed by atoms with E-state index < -0.39 is 0 Å². The first kappa shape index (κ1) is 54.5. The van der Waals surface area contributed by atoms with Gasteiger partial charge in [0.1, 0.15) is 0 Å². The Kier molecular flexibility index (Phi) is 16.1. The first-order valence-electron chi connectivity index (χ1n) is 29.9. The van der Waals surface area contributed by atoms with Crippen molar-refractivity contribution in [3.05, 3.63) is 385 Å². The summed E-state index contributed by atoms with van der Waals surface area (Å²) >= 11 is 0. The maximum absolute atomic E-state index is 2.39. The molecule has 3 heteroatoms. The lowest BCUT2D eigenvalue weighted by Gasteiger charge is -2.29. The predicted octanol–water partition coefficient (Wildman–Crippen LogP) is 22.9. The molecule has 0 saturated heterocycles. The summed E-state index contributed by atoms with van der Waals surface area (Å²) < 4.78 is 0. The first-order valence-corrected chi connectivity index (χ1v) is 29.9. The van der Waals surface area contributed by atoms with E-state index in [1.54, 1.807) is 0 Å². The van der Waals surface area contributed by atoms with Gasteiger partial charge in [-0.1, -0.05) is 257 Å². The van der Waals surface area contributed by atoms with Crippen molar-refractivity contribution in [3.63, 3.8) is 0 Å². The van der Waals surface area contributed by atoms with Crippen LogP contribution in [0.25, 0.3) is 33.4 Å². The molecule has 0 saturated carbocycles. The van der Waals surface area contributed by atoms with Crippen molar-refractivity contribution in [1.29, 1.82) is 0 Å². The highest BCUT2D eigenvalue weighted by Gasteiger charge is 2.22. The lowest BCUT2D eigenvalue weighted by molar-refractivity contribution is 0.840. The highest BCUT2D eigenvalue weighted by molar-refractivity contribution is 6.05. The zero-order chi connectivity index (χ0) is 58.0. The summed E-state index contributed by atoms with van der Waals surface area (Å²) in [6.45, 7) is 4.54. The minimum absolute atomic E-state index is 0.237. The van der Waals surface area contributed by atoms with E-state index in [-0.39, 0.29) is 5.92 Å². The van der Waals surface area contributed by atoms with Crippen LogP contribution in [0.2, 0.25) is 0 Å². The summed E-state index contributed by atoms with van der Waals surface area (Å²) in [6.07, 6.45) is 7.97. The minimum atomic E-state index is 0.237. The van der Waals surface area contributed by atoms with Crippen molar-refractivity contribution in [3.8, 4) is 22.3 Å². The van der Waals surface area contributed by atoms with Gasteiger partial charge < -0.3 is 14.7 Å². The summed E-state index contributed by atoms with van der Waals surface area (Å²) in [7, 11) is 0. The van der Waals surface area contributed by atoms with Crippen molar-refractivity contribution in [2.24, 2.45) is 0 Å². The Morgan fingerprint density at radius 2 is 0.558 bits per heavy atom. The lowest BCUT2D eigenvalue weighted by atomic mass is 9.83. The highest BCUT2D eigenvalue weighted by atomic mass is 15.2. The van der Waals surface area contributed by atoms with Gasteiger partial charge >= 0.3 is 0 Å². The van der Waals surface area contributed by atoms with E-state index in [1.807, 2.05) is 0 Å². The van der Waals surface area contributed by atoms with E-state index in [0.717, 1.165) is 85.3 Å². The highest BCUT2D eigenvalue weighted by Crippen LogP contribution is 2.43. The monoisotopic (exact) mass is 1110 g/mol. The molecule has 12 aromatic carbocycles. The summed E-state index contributed by atoms with van der Waals surface area (Å²) in [5.41, 5.74) is 24.4. The molecule has 1 unspecified atom stereocenters. The molecular formula is C83H67N3. The maximum Gasteiger partial charge on any atom is 0.0462 e. The second-order valence-electron chi connectivity index (χ2n) is 22.2. The number of benzene rings is 12. The van der Waals surface area contributed by atoms with Crippen molar-refractivity contribution < 1.29 is 0 Å². The van der Waals surface area contributed by atoms with E-state index >= 15 is 0 Å². The Bertz CT molecular complexity index is 3950. The molecule has 0 aliphatic heterocycles. The molecular weight excluding hydrogens is 1040 g/mol. The van der Waals surface area contributed by atoms with Gasteiger partial charge in [-0.15, -0.1) is 0 Å². The summed E-state index contributed by atoms with van der Waals surface area (Å²) in [5, 5.41) is 0. The van der Waals surface area contributed by atoms with Gasteiger partial charge in [0.2, 0.25) is 0 Å². The normalized spacial score (nSPS) is 12.7. The van der Waals surface area contributed by atoms with Crippen LogP contribution in [0.15, 0.2) is 352 Å². The van der Waals surface area contributed by atoms with Gasteiger partial charge in [0, 0.05) is 57.1 Å². The van der Waals surface area contributed by atoms with Crippen molar-refractivity contribution >= 4 is 56.6 Å². The molecule has 0 heterocycles. The van der Waals surface area contributed by atoms with Crippen LogP contribution in [0.4, 0.5) is 45.5 Å². The van der Waals surface area contributed by atoms with E-state index in [1.165, 1.54) is 39.1 Å². The Labute approximate surface area is 507 Å². The third-order valence-corrected chi connectivity index (χ3v) is 16.4. The summed E-state index contributed by atoms with van der Waals surface area (Å²) in [6, 6.07) is 119. The molecule has 0 N–H and O–H groups in total. The maximum atomic E-state index is 2.39. The molecule has 86 heavy (non-hydrogen) atoms. The molecule has 1 aliphatic carbocycles. The Morgan fingerprint density at radius 1 is 0.291 bits per heavy atom. The van der Waals surface area contributed by atoms with Gasteiger partial charge in [-0.25, -0.2) is 0 Å². The number of rotatable bonds is 17. The van der Waals surface area contributed by atoms with Crippen LogP contribution in [0.1, 0.15) is 65.5 Å². The predicted molar refractivity (Wildman–Crippen MR) is 365 cm³/mol. The Morgan fingerprint density at radius 3 is 0.849 bits per heavy atom. The number of anilines is 8. The molecule has 3 nitrogen and oxygen atoms in total. The van der Waals surface area contributed by atoms with E-state index in [9.17, 15) is 0 Å². The van der Waals surface area contributed by atoms with Gasteiger partial charge in [-0.2, -0.15) is 0 Å². The number of hydrogen-bond donors (Lipinski definition) is 0. The molecule has 0 spiro atoms. The smallest absolute Gasteiger partial charge is 0.0462 e. The van der Waals surface area contributed by atoms with Crippen LogP contribution in [-0.4, -0.2) is 0 Å². The molecule has 0 amide bonds. The van der Waals surface area contributed by atoms with E-state index in [0.29, 0.717) is 5.92 Å². The van der Waals surface area contributed by atoms with Crippen LogP contribution in [0, 0.1) is 0 Å². The van der Waals surface area contributed by atoms with E-state index in [4.69, 9.17) is 0 Å². The fraction of sp³-hybridized carbons (Fsp3) is 0.0602. The third kappa shape index (κ3) is 11.9. The van der Waals surface area contributed by atoms with Gasteiger partial charge in [-0.3, -0.25) is 0 Å². The zero-order valence-electron chi connectivity index (χ0n) is 48.6. The molecule has 1 atom stereocenters. The quantitative estimate of drug-likeness (QED) is 0.0842. The number of nitrogens with zero attached hydrogens (tertiary/aromatic N) is 3. The zero-order valence-corrected chi connectivity index (χ0v) is 48.6. The van der Waals surface area contributed by atoms with Crippen LogP contribution in [0.3, 0.4) is 0 Å².